The minimum absolute atomic E-state index is 0. The van der Waals surface area contributed by atoms with E-state index in [2.05, 4.69) is 40.5 Å². The SMILES string of the molecule is [Fe+2].[Fe+2].c1cc[c-](-c2cc(-[c-]3cccc3)[nH]n2)c1.c1cc[cH-]c1.c1cc[cH-]c1. The number of aromatic nitrogens is 2. The molecule has 0 spiro atoms. The zero-order valence-electron chi connectivity index (χ0n) is 14.6. The summed E-state index contributed by atoms with van der Waals surface area (Å²) in [6, 6.07) is 38.4. The Hall–Kier alpha value is -2.35. The van der Waals surface area contributed by atoms with Crippen molar-refractivity contribution in [3.8, 4) is 22.5 Å². The Morgan fingerprint density at radius 3 is 1.48 bits per heavy atom. The summed E-state index contributed by atoms with van der Waals surface area (Å²) in [5, 5.41) is 7.34. The molecule has 0 atom stereocenters. The molecule has 4 heteroatoms. The molecular weight excluding hydrogens is 416 g/mol. The number of nitrogens with one attached hydrogen (secondary N) is 1. The first-order chi connectivity index (χ1) is 12.4. The fraction of sp³-hybridized carbons (Fsp3) is 0. The Labute approximate surface area is 181 Å². The van der Waals surface area contributed by atoms with Crippen molar-refractivity contribution in [3.63, 3.8) is 0 Å². The molecule has 138 valence electrons. The Bertz CT molecular complexity index is 773. The zero-order valence-corrected chi connectivity index (χ0v) is 16.8. The molecule has 1 heterocycles. The van der Waals surface area contributed by atoms with Gasteiger partial charge in [0.25, 0.3) is 0 Å². The largest absolute Gasteiger partial charge is 2.00 e. The molecule has 0 bridgehead atoms. The van der Waals surface area contributed by atoms with Crippen LogP contribution in [0.2, 0.25) is 0 Å². The third-order valence-electron chi connectivity index (χ3n) is 3.62. The molecular formula is C23H20Fe2N2. The average Bonchev–Trinajstić information content (AvgIpc) is 3.51. The average molecular weight is 436 g/mol. The van der Waals surface area contributed by atoms with E-state index < -0.39 is 0 Å². The van der Waals surface area contributed by atoms with Crippen molar-refractivity contribution in [2.45, 2.75) is 0 Å². The van der Waals surface area contributed by atoms with Gasteiger partial charge in [-0.1, -0.05) is 17.2 Å². The maximum absolute atomic E-state index is 4.29. The predicted octanol–water partition coefficient (Wildman–Crippen LogP) is 5.99. The van der Waals surface area contributed by atoms with Crippen molar-refractivity contribution in [2.75, 3.05) is 0 Å². The van der Waals surface area contributed by atoms with Crippen molar-refractivity contribution in [3.05, 3.63) is 115 Å². The molecule has 0 amide bonds. The van der Waals surface area contributed by atoms with Gasteiger partial charge in [0.2, 0.25) is 0 Å². The molecule has 0 aliphatic heterocycles. The number of H-pyrrole nitrogens is 1. The Morgan fingerprint density at radius 1 is 0.630 bits per heavy atom. The van der Waals surface area contributed by atoms with Gasteiger partial charge in [-0.15, -0.1) is 24.3 Å². The molecule has 0 unspecified atom stereocenters. The second-order valence-corrected chi connectivity index (χ2v) is 5.44. The summed E-state index contributed by atoms with van der Waals surface area (Å²) in [5.74, 6) is 0. The van der Waals surface area contributed by atoms with Crippen molar-refractivity contribution >= 4 is 0 Å². The fourth-order valence-electron chi connectivity index (χ4n) is 2.36. The van der Waals surface area contributed by atoms with Crippen LogP contribution < -0.4 is 0 Å². The number of aromatic amines is 1. The van der Waals surface area contributed by atoms with Crippen LogP contribution in [0.25, 0.3) is 22.5 Å². The molecule has 0 radical (unpaired) electrons. The van der Waals surface area contributed by atoms with Crippen molar-refractivity contribution < 1.29 is 34.1 Å². The third-order valence-corrected chi connectivity index (χ3v) is 3.62. The van der Waals surface area contributed by atoms with Crippen LogP contribution in [0.15, 0.2) is 115 Å². The number of nitrogens with zero attached hydrogens (tertiary/aromatic N) is 1. The van der Waals surface area contributed by atoms with Gasteiger partial charge in [-0.05, 0) is 5.69 Å². The Kier molecular flexibility index (Phi) is 10.9. The monoisotopic (exact) mass is 436 g/mol. The Balaban J connectivity index is 0.000000253. The molecule has 4 aromatic carbocycles. The van der Waals surface area contributed by atoms with E-state index in [0.717, 1.165) is 17.0 Å². The van der Waals surface area contributed by atoms with Gasteiger partial charge in [0.15, 0.2) is 0 Å². The van der Waals surface area contributed by atoms with E-state index in [-0.39, 0.29) is 34.1 Å². The van der Waals surface area contributed by atoms with Gasteiger partial charge in [-0.2, -0.15) is 65.8 Å². The van der Waals surface area contributed by atoms with Gasteiger partial charge < -0.3 is 0 Å². The molecule has 0 aliphatic rings. The maximum atomic E-state index is 4.29. The first-order valence-corrected chi connectivity index (χ1v) is 8.26. The minimum atomic E-state index is 0. The zero-order chi connectivity index (χ0) is 17.2. The van der Waals surface area contributed by atoms with Gasteiger partial charge in [-0.25, -0.2) is 24.3 Å². The first kappa shape index (κ1) is 22.7. The predicted molar refractivity (Wildman–Crippen MR) is 105 cm³/mol. The molecule has 0 saturated carbocycles. The van der Waals surface area contributed by atoms with Crippen LogP contribution in [0, 0.1) is 0 Å². The summed E-state index contributed by atoms with van der Waals surface area (Å²) < 4.78 is 0. The van der Waals surface area contributed by atoms with E-state index >= 15 is 0 Å². The van der Waals surface area contributed by atoms with Crippen LogP contribution in [0.4, 0.5) is 0 Å². The van der Waals surface area contributed by atoms with Crippen LogP contribution in [0.1, 0.15) is 0 Å². The molecule has 1 aromatic heterocycles. The molecule has 1 N–H and O–H groups in total. The van der Waals surface area contributed by atoms with Gasteiger partial charge in [0.1, 0.15) is 0 Å². The minimum Gasteiger partial charge on any atom is -0.297 e. The van der Waals surface area contributed by atoms with E-state index in [4.69, 9.17) is 0 Å². The molecule has 5 rings (SSSR count). The topological polar surface area (TPSA) is 28.7 Å². The van der Waals surface area contributed by atoms with E-state index in [1.165, 1.54) is 5.56 Å². The van der Waals surface area contributed by atoms with Crippen LogP contribution in [-0.2, 0) is 34.1 Å². The summed E-state index contributed by atoms with van der Waals surface area (Å²) in [5.41, 5.74) is 4.40. The summed E-state index contributed by atoms with van der Waals surface area (Å²) in [4.78, 5) is 0. The molecule has 27 heavy (non-hydrogen) atoms. The fourth-order valence-corrected chi connectivity index (χ4v) is 2.36. The smallest absolute Gasteiger partial charge is 0.297 e. The quantitative estimate of drug-likeness (QED) is 0.268. The number of hydrogen-bond donors (Lipinski definition) is 1. The van der Waals surface area contributed by atoms with Crippen molar-refractivity contribution in [1.29, 1.82) is 0 Å². The molecule has 0 fully saturated rings. The normalized spacial score (nSPS) is 8.89. The van der Waals surface area contributed by atoms with Crippen LogP contribution in [0.5, 0.6) is 0 Å². The van der Waals surface area contributed by atoms with E-state index in [0.29, 0.717) is 0 Å². The van der Waals surface area contributed by atoms with E-state index in [1.807, 2.05) is 84.9 Å². The van der Waals surface area contributed by atoms with E-state index in [1.54, 1.807) is 0 Å². The molecule has 0 saturated heterocycles. The van der Waals surface area contributed by atoms with Crippen molar-refractivity contribution in [1.82, 2.24) is 10.2 Å². The summed E-state index contributed by atoms with van der Waals surface area (Å²) in [6.45, 7) is 0. The van der Waals surface area contributed by atoms with Crippen LogP contribution in [-0.4, -0.2) is 10.2 Å². The van der Waals surface area contributed by atoms with E-state index in [9.17, 15) is 0 Å². The van der Waals surface area contributed by atoms with Gasteiger partial charge in [0, 0.05) is 5.69 Å². The molecule has 5 aromatic rings. The second kappa shape index (κ2) is 12.9. The molecule has 2 nitrogen and oxygen atoms in total. The summed E-state index contributed by atoms with van der Waals surface area (Å²) in [6.07, 6.45) is 0. The van der Waals surface area contributed by atoms with Crippen LogP contribution >= 0.6 is 0 Å². The summed E-state index contributed by atoms with van der Waals surface area (Å²) in [7, 11) is 0. The standard InChI is InChI=1S/C13H10N2.2C5H5.2Fe/c1-2-6-10(5-1)12-9-13(15-14-12)11-7-3-4-8-11;2*1-2-4-5-3-1;;/h1-9H,(H,14,15);2*1-5H;;/q-2;2*-1;2*+2. The van der Waals surface area contributed by atoms with Gasteiger partial charge in [-0.3, -0.25) is 5.10 Å². The van der Waals surface area contributed by atoms with Gasteiger partial charge in [0.05, 0.1) is 0 Å². The number of hydrogen-bond acceptors (Lipinski definition) is 1. The third kappa shape index (κ3) is 7.42. The summed E-state index contributed by atoms with van der Waals surface area (Å²) >= 11 is 0. The first-order valence-electron chi connectivity index (χ1n) is 8.26. The second-order valence-electron chi connectivity index (χ2n) is 5.44. The Morgan fingerprint density at radius 2 is 1.07 bits per heavy atom. The van der Waals surface area contributed by atoms with Crippen LogP contribution in [0.3, 0.4) is 0 Å². The maximum Gasteiger partial charge on any atom is 2.00 e. The number of rotatable bonds is 2. The van der Waals surface area contributed by atoms with Crippen molar-refractivity contribution in [2.24, 2.45) is 0 Å². The molecule has 0 aliphatic carbocycles. The van der Waals surface area contributed by atoms with Gasteiger partial charge >= 0.3 is 34.1 Å².